The van der Waals surface area contributed by atoms with Crippen molar-refractivity contribution in [2.75, 3.05) is 72.8 Å². The maximum atomic E-state index is 14.8. The van der Waals surface area contributed by atoms with Crippen molar-refractivity contribution in [1.82, 2.24) is 20.0 Å². The van der Waals surface area contributed by atoms with Crippen molar-refractivity contribution in [3.05, 3.63) is 61.2 Å². The number of hydrogen-bond acceptors (Lipinski definition) is 10. The SMILES string of the molecule is C=CCCC(=O)N[C@@H](COC)[C@@H](OC(=O)[C@@H]1[C@H]2O[C@@]3(CC2Br)[C@H](C(=O)N(CC=C)CCN2CCOCC2)N(CCCCCO)C(=O)[C@@H]13)c1ccccc1. The van der Waals surface area contributed by atoms with Crippen LogP contribution in [0, 0.1) is 11.8 Å². The highest BCUT2D eigenvalue weighted by Crippen LogP contribution is 2.60. The zero-order chi connectivity index (χ0) is 38.0. The minimum absolute atomic E-state index is 0.0306. The number of amides is 3. The first kappa shape index (κ1) is 41.0. The van der Waals surface area contributed by atoms with E-state index in [-0.39, 0.29) is 55.3 Å². The van der Waals surface area contributed by atoms with Crippen molar-refractivity contribution in [2.24, 2.45) is 11.8 Å². The van der Waals surface area contributed by atoms with Gasteiger partial charge in [0.2, 0.25) is 17.7 Å². The van der Waals surface area contributed by atoms with Gasteiger partial charge in [-0.15, -0.1) is 13.2 Å². The van der Waals surface area contributed by atoms with Crippen LogP contribution in [0.3, 0.4) is 0 Å². The Morgan fingerprint density at radius 2 is 1.89 bits per heavy atom. The zero-order valence-electron chi connectivity index (χ0n) is 30.7. The quantitative estimate of drug-likeness (QED) is 0.0824. The number of rotatable bonds is 21. The zero-order valence-corrected chi connectivity index (χ0v) is 32.3. The number of nitrogens with zero attached hydrogens (tertiary/aromatic N) is 3. The summed E-state index contributed by atoms with van der Waals surface area (Å²) in [6.45, 7) is 12.2. The normalized spacial score (nSPS) is 27.6. The molecule has 1 spiro atoms. The van der Waals surface area contributed by atoms with Gasteiger partial charge in [-0.2, -0.15) is 0 Å². The van der Waals surface area contributed by atoms with Crippen molar-refractivity contribution >= 4 is 39.6 Å². The minimum atomic E-state index is -1.26. The summed E-state index contributed by atoms with van der Waals surface area (Å²) in [6.07, 6.45) is 4.56. The van der Waals surface area contributed by atoms with Gasteiger partial charge < -0.3 is 39.2 Å². The Kier molecular flexibility index (Phi) is 15.1. The Balaban J connectivity index is 1.46. The molecule has 0 aliphatic carbocycles. The number of hydrogen-bond donors (Lipinski definition) is 2. The van der Waals surface area contributed by atoms with Gasteiger partial charge in [0.05, 0.1) is 43.8 Å². The molecule has 5 rings (SSSR count). The van der Waals surface area contributed by atoms with Crippen molar-refractivity contribution in [3.63, 3.8) is 0 Å². The largest absolute Gasteiger partial charge is 0.455 e. The second-order valence-electron chi connectivity index (χ2n) is 14.2. The molecule has 1 aromatic rings. The molecule has 4 heterocycles. The van der Waals surface area contributed by atoms with E-state index in [2.05, 4.69) is 39.3 Å². The second kappa shape index (κ2) is 19.4. The predicted octanol–water partition coefficient (Wildman–Crippen LogP) is 2.63. The number of benzene rings is 1. The molecule has 53 heavy (non-hydrogen) atoms. The maximum Gasteiger partial charge on any atom is 0.313 e. The first-order valence-electron chi connectivity index (χ1n) is 18.8. The van der Waals surface area contributed by atoms with Gasteiger partial charge in [0, 0.05) is 64.2 Å². The molecule has 292 valence electrons. The Hall–Kier alpha value is -3.14. The number of likely N-dealkylation sites (tertiary alicyclic amines) is 1. The van der Waals surface area contributed by atoms with E-state index in [4.69, 9.17) is 18.9 Å². The molecule has 2 bridgehead atoms. The number of carbonyl (C=O) groups is 4. The van der Waals surface area contributed by atoms with Crippen molar-refractivity contribution in [3.8, 4) is 0 Å². The molecular weight excluding hydrogens is 748 g/mol. The lowest BCUT2D eigenvalue weighted by Crippen LogP contribution is -2.57. The number of fused-ring (bicyclic) bond motifs is 1. The van der Waals surface area contributed by atoms with E-state index >= 15 is 0 Å². The van der Waals surface area contributed by atoms with Gasteiger partial charge in [-0.3, -0.25) is 24.1 Å². The summed E-state index contributed by atoms with van der Waals surface area (Å²) in [5.74, 6) is -3.40. The first-order chi connectivity index (χ1) is 25.7. The number of carbonyl (C=O) groups excluding carboxylic acids is 4. The van der Waals surface area contributed by atoms with Crippen LogP contribution in [0.25, 0.3) is 0 Å². The van der Waals surface area contributed by atoms with Crippen molar-refractivity contribution in [1.29, 1.82) is 0 Å². The lowest BCUT2D eigenvalue weighted by atomic mass is 9.70. The first-order valence-corrected chi connectivity index (χ1v) is 19.7. The number of esters is 1. The molecule has 14 heteroatoms. The van der Waals surface area contributed by atoms with E-state index in [1.807, 2.05) is 30.3 Å². The number of allylic oxidation sites excluding steroid dienone is 1. The number of aliphatic hydroxyl groups excluding tert-OH is 1. The van der Waals surface area contributed by atoms with Crippen LogP contribution in [-0.2, 0) is 38.1 Å². The van der Waals surface area contributed by atoms with Gasteiger partial charge in [0.15, 0.2) is 0 Å². The van der Waals surface area contributed by atoms with E-state index < -0.39 is 47.7 Å². The molecule has 0 radical (unpaired) electrons. The number of methoxy groups -OCH3 is 1. The smallest absolute Gasteiger partial charge is 0.313 e. The number of halogens is 1. The number of alkyl halides is 1. The molecule has 4 aliphatic rings. The van der Waals surface area contributed by atoms with Crippen LogP contribution >= 0.6 is 15.9 Å². The van der Waals surface area contributed by atoms with E-state index in [1.54, 1.807) is 22.0 Å². The van der Waals surface area contributed by atoms with Crippen molar-refractivity contribution < 1.29 is 43.2 Å². The molecule has 0 saturated carbocycles. The Labute approximate surface area is 321 Å². The van der Waals surface area contributed by atoms with Crippen molar-refractivity contribution in [2.45, 2.75) is 73.2 Å². The average molecular weight is 804 g/mol. The van der Waals surface area contributed by atoms with Crippen LogP contribution in [0.1, 0.15) is 50.2 Å². The fourth-order valence-corrected chi connectivity index (χ4v) is 9.26. The van der Waals surface area contributed by atoms with E-state index in [9.17, 15) is 24.3 Å². The molecule has 13 nitrogen and oxygen atoms in total. The topological polar surface area (TPSA) is 147 Å². The Bertz CT molecular complexity index is 1430. The molecule has 4 aliphatic heterocycles. The third kappa shape index (κ3) is 9.22. The third-order valence-electron chi connectivity index (χ3n) is 10.8. The number of morpholine rings is 1. The molecule has 2 N–H and O–H groups in total. The number of aliphatic hydroxyl groups is 1. The van der Waals surface area contributed by atoms with Crippen LogP contribution in [0.4, 0.5) is 0 Å². The monoisotopic (exact) mass is 802 g/mol. The van der Waals surface area contributed by atoms with E-state index in [1.165, 1.54) is 7.11 Å². The summed E-state index contributed by atoms with van der Waals surface area (Å²) in [5.41, 5.74) is -0.614. The van der Waals surface area contributed by atoms with Crippen LogP contribution in [0.2, 0.25) is 0 Å². The van der Waals surface area contributed by atoms with Crippen LogP contribution in [0.15, 0.2) is 55.6 Å². The summed E-state index contributed by atoms with van der Waals surface area (Å²) >= 11 is 3.76. The standard InChI is InChI=1S/C39H55BrN4O9/c1-4-6-15-30(46)41-29(26-50-3)33(27-13-9-7-10-14-27)52-38(49)31-32-36(47)44(17-11-8-12-22-45)35(39(32)25-28(40)34(31)53-39)37(48)43(16-5-2)19-18-42-20-23-51-24-21-42/h4-5,7,9-10,13-14,28-29,31-35,45H,1-2,6,8,11-12,15-26H2,3H3,(H,41,46)/t28?,29-,31-,32+,33-,34-,35-,39+/m0/s1. The van der Waals surface area contributed by atoms with Gasteiger partial charge in [0.25, 0.3) is 0 Å². The van der Waals surface area contributed by atoms with Gasteiger partial charge >= 0.3 is 5.97 Å². The third-order valence-corrected chi connectivity index (χ3v) is 11.7. The summed E-state index contributed by atoms with van der Waals surface area (Å²) in [5, 5.41) is 12.4. The molecule has 1 unspecified atom stereocenters. The maximum absolute atomic E-state index is 14.8. The summed E-state index contributed by atoms with van der Waals surface area (Å²) in [7, 11) is 1.51. The Morgan fingerprint density at radius 1 is 1.13 bits per heavy atom. The lowest BCUT2D eigenvalue weighted by Gasteiger charge is -2.38. The highest BCUT2D eigenvalue weighted by molar-refractivity contribution is 9.09. The fraction of sp³-hybridized carbons (Fsp3) is 0.641. The highest BCUT2D eigenvalue weighted by atomic mass is 79.9. The van der Waals surface area contributed by atoms with Crippen LogP contribution < -0.4 is 5.32 Å². The van der Waals surface area contributed by atoms with Gasteiger partial charge in [-0.1, -0.05) is 58.4 Å². The summed E-state index contributed by atoms with van der Waals surface area (Å²) < 4.78 is 24.1. The Morgan fingerprint density at radius 3 is 2.57 bits per heavy atom. The summed E-state index contributed by atoms with van der Waals surface area (Å²) in [6, 6.07) is 7.43. The minimum Gasteiger partial charge on any atom is -0.455 e. The lowest BCUT2D eigenvalue weighted by molar-refractivity contribution is -0.163. The van der Waals surface area contributed by atoms with E-state index in [0.29, 0.717) is 64.0 Å². The fourth-order valence-electron chi connectivity index (χ4n) is 8.32. The van der Waals surface area contributed by atoms with Crippen LogP contribution in [0.5, 0.6) is 0 Å². The molecule has 0 aromatic heterocycles. The predicted molar refractivity (Wildman–Crippen MR) is 201 cm³/mol. The van der Waals surface area contributed by atoms with Gasteiger partial charge in [0.1, 0.15) is 17.7 Å². The number of ether oxygens (including phenoxy) is 4. The molecule has 1 aromatic carbocycles. The van der Waals surface area contributed by atoms with Gasteiger partial charge in [-0.05, 0) is 37.7 Å². The second-order valence-corrected chi connectivity index (χ2v) is 15.4. The average Bonchev–Trinajstić information content (AvgIpc) is 3.76. The number of unbranched alkanes of at least 4 members (excludes halogenated alkanes) is 2. The molecule has 8 atom stereocenters. The molecule has 4 fully saturated rings. The molecule has 4 saturated heterocycles. The molecule has 3 amide bonds. The summed E-state index contributed by atoms with van der Waals surface area (Å²) in [4.78, 5) is 62.2. The number of nitrogens with one attached hydrogen (secondary N) is 1. The van der Waals surface area contributed by atoms with Crippen LogP contribution in [-0.4, -0.2) is 145 Å². The highest BCUT2D eigenvalue weighted by Gasteiger charge is 2.77. The molecular formula is C39H55BrN4O9. The van der Waals surface area contributed by atoms with Gasteiger partial charge in [-0.25, -0.2) is 0 Å². The van der Waals surface area contributed by atoms with E-state index in [0.717, 1.165) is 13.1 Å².